The molecule has 17 nitrogen and oxygen atoms in total. The Hall–Kier alpha value is -4.02. The highest BCUT2D eigenvalue weighted by Crippen LogP contribution is 2.45. The number of aliphatic hydroxyl groups excluding tert-OH is 1. The van der Waals surface area contributed by atoms with Crippen LogP contribution in [-0.4, -0.2) is 96.7 Å². The number of carbonyl (C=O) groups is 4. The number of aliphatic hydroxyl groups is 1. The van der Waals surface area contributed by atoms with Gasteiger partial charge in [-0.1, -0.05) is 330 Å². The van der Waals surface area contributed by atoms with Crippen LogP contribution in [0.5, 0.6) is 0 Å². The van der Waals surface area contributed by atoms with Crippen LogP contribution in [-0.2, 0) is 65.4 Å². The summed E-state index contributed by atoms with van der Waals surface area (Å²) in [5.74, 6) is -2.18. The highest BCUT2D eigenvalue weighted by molar-refractivity contribution is 7.47. The molecule has 0 aliphatic rings. The fourth-order valence-corrected chi connectivity index (χ4v) is 13.5. The van der Waals surface area contributed by atoms with Crippen molar-refractivity contribution >= 4 is 39.5 Å². The molecule has 0 bridgehead atoms. The first-order chi connectivity index (χ1) is 52.7. The highest BCUT2D eigenvalue weighted by Gasteiger charge is 2.30. The fraction of sp³-hybridized carbons (Fsp3) is 0.775. The highest BCUT2D eigenvalue weighted by atomic mass is 31.2. The maximum atomic E-state index is 13.1. The van der Waals surface area contributed by atoms with Crippen molar-refractivity contribution in [3.63, 3.8) is 0 Å². The van der Waals surface area contributed by atoms with Crippen LogP contribution in [0.2, 0.25) is 0 Å². The Kier molecular flexibility index (Phi) is 78.0. The molecule has 0 aromatic carbocycles. The predicted octanol–water partition coefficient (Wildman–Crippen LogP) is 25.9. The average Bonchev–Trinajstić information content (AvgIpc) is 0.896. The lowest BCUT2D eigenvalue weighted by atomic mass is 10.0. The molecule has 0 aromatic rings. The molecular weight excluding hydrogens is 1400 g/mol. The Morgan fingerprint density at radius 2 is 0.481 bits per heavy atom. The van der Waals surface area contributed by atoms with Gasteiger partial charge in [0.15, 0.2) is 12.2 Å². The van der Waals surface area contributed by atoms with Gasteiger partial charge in [-0.15, -0.1) is 0 Å². The van der Waals surface area contributed by atoms with Crippen molar-refractivity contribution in [1.82, 2.24) is 0 Å². The van der Waals surface area contributed by atoms with E-state index in [9.17, 15) is 43.2 Å². The zero-order chi connectivity index (χ0) is 78.9. The fourth-order valence-electron chi connectivity index (χ4n) is 11.9. The lowest BCUT2D eigenvalue weighted by Gasteiger charge is -2.21. The van der Waals surface area contributed by atoms with E-state index in [4.69, 9.17) is 37.0 Å². The third-order valence-corrected chi connectivity index (χ3v) is 20.4. The van der Waals surface area contributed by atoms with E-state index in [2.05, 4.69) is 125 Å². The van der Waals surface area contributed by atoms with Gasteiger partial charge in [-0.2, -0.15) is 0 Å². The maximum Gasteiger partial charge on any atom is 0.472 e. The number of carbonyl (C=O) groups excluding carboxylic acids is 4. The minimum absolute atomic E-state index is 0.0772. The van der Waals surface area contributed by atoms with Crippen LogP contribution < -0.4 is 0 Å². The lowest BCUT2D eigenvalue weighted by Crippen LogP contribution is -2.30. The topological polar surface area (TPSA) is 237 Å². The molecule has 0 fully saturated rings. The summed E-state index contributed by atoms with van der Waals surface area (Å²) < 4.78 is 68.9. The number of unbranched alkanes of at least 4 members (excludes halogenated alkanes) is 40. The number of phosphoric ester groups is 2. The second kappa shape index (κ2) is 81.0. The van der Waals surface area contributed by atoms with E-state index in [-0.39, 0.29) is 25.7 Å². The Morgan fingerprint density at radius 1 is 0.269 bits per heavy atom. The summed E-state index contributed by atoms with van der Waals surface area (Å²) in [4.78, 5) is 73.3. The molecule has 626 valence electrons. The first kappa shape index (κ1) is 104. The predicted molar refractivity (Wildman–Crippen MR) is 446 cm³/mol. The molecule has 0 aliphatic carbocycles. The summed E-state index contributed by atoms with van der Waals surface area (Å²) >= 11 is 0. The minimum atomic E-state index is -4.99. The van der Waals surface area contributed by atoms with E-state index >= 15 is 0 Å². The summed E-state index contributed by atoms with van der Waals surface area (Å²) in [6.07, 6.45) is 87.8. The molecule has 5 atom stereocenters. The molecule has 0 heterocycles. The number of phosphoric acid groups is 2. The minimum Gasteiger partial charge on any atom is -0.462 e. The van der Waals surface area contributed by atoms with Gasteiger partial charge in [0.25, 0.3) is 0 Å². The Labute approximate surface area is 658 Å². The second-order valence-electron chi connectivity index (χ2n) is 29.1. The molecule has 3 N–H and O–H groups in total. The average molecular weight is 1560 g/mol. The van der Waals surface area contributed by atoms with E-state index in [0.717, 1.165) is 186 Å². The van der Waals surface area contributed by atoms with Gasteiger partial charge < -0.3 is 33.8 Å². The molecule has 0 rings (SSSR count). The van der Waals surface area contributed by atoms with Gasteiger partial charge in [0.2, 0.25) is 0 Å². The maximum absolute atomic E-state index is 13.1. The zero-order valence-electron chi connectivity index (χ0n) is 68.8. The summed E-state index contributed by atoms with van der Waals surface area (Å²) in [6.45, 7) is 4.78. The van der Waals surface area contributed by atoms with Crippen LogP contribution >= 0.6 is 15.6 Å². The third-order valence-electron chi connectivity index (χ3n) is 18.5. The third kappa shape index (κ3) is 80.0. The molecule has 5 unspecified atom stereocenters. The normalized spacial score (nSPS) is 14.2. The number of hydrogen-bond acceptors (Lipinski definition) is 15. The van der Waals surface area contributed by atoms with Crippen molar-refractivity contribution in [2.45, 2.75) is 406 Å². The van der Waals surface area contributed by atoms with E-state index in [1.165, 1.54) is 122 Å². The smallest absolute Gasteiger partial charge is 0.462 e. The van der Waals surface area contributed by atoms with Gasteiger partial charge in [0, 0.05) is 25.7 Å². The second-order valence-corrected chi connectivity index (χ2v) is 32.0. The SMILES string of the molecule is CC/C=C\C/C=C\C/C=C\C/C=C\CCCCCCCCC(=O)OCC(COP(=O)(O)OCC(O)COP(=O)(O)OCC(COC(=O)CCCCCCC/C=C\CCCCCCCC)OC(=O)CCCCCCCCCCCCCCCCC)OC(=O)CCCCCCCC/C=C\C/C=C\C/C=C\CCCCC. The first-order valence-corrected chi connectivity index (χ1v) is 46.5. The molecule has 0 spiro atoms. The van der Waals surface area contributed by atoms with Crippen LogP contribution in [0.4, 0.5) is 0 Å². The molecule has 0 aromatic heterocycles. The standard InChI is InChI=1S/C89H158O17P2/c1-5-9-13-17-21-25-29-33-37-39-41-43-47-50-54-58-62-66-70-74-87(92)100-80-85(106-89(94)76-72-68-64-60-56-52-48-44-42-40-38-34-30-26-22-18-14-10-6-2)82-104-108(97,98)102-78-83(90)77-101-107(95,96)103-81-84(105-88(93)75-71-67-63-59-55-51-46-36-32-28-24-20-16-12-8-4)79-99-86(91)73-69-65-61-57-53-49-45-35-31-27-23-19-15-11-7-3/h9,13,21-22,25-26,33-35,37-38,41-45,83-85,90H,5-8,10-12,14-20,23-24,27-32,36,39-40,46-82H2,1-4H3,(H,95,96)(H,97,98)/b13-9-,25-21-,26-22-,37-33-,38-34-,43-41-,44-42-,45-35-. The number of allylic oxidation sites excluding steroid dienone is 16. The van der Waals surface area contributed by atoms with Crippen LogP contribution in [0.3, 0.4) is 0 Å². The molecule has 19 heteroatoms. The lowest BCUT2D eigenvalue weighted by molar-refractivity contribution is -0.161. The Morgan fingerprint density at radius 3 is 0.769 bits per heavy atom. The van der Waals surface area contributed by atoms with E-state index in [0.29, 0.717) is 25.7 Å². The largest absolute Gasteiger partial charge is 0.472 e. The Balaban J connectivity index is 5.38. The summed E-state index contributed by atoms with van der Waals surface area (Å²) in [5, 5.41) is 10.7. The molecule has 0 aliphatic heterocycles. The number of ether oxygens (including phenoxy) is 4. The molecular formula is C89H158O17P2. The quantitative estimate of drug-likeness (QED) is 0.0169. The van der Waals surface area contributed by atoms with E-state index in [1.807, 2.05) is 0 Å². The van der Waals surface area contributed by atoms with Gasteiger partial charge in [-0.25, -0.2) is 9.13 Å². The number of rotatable bonds is 82. The summed E-state index contributed by atoms with van der Waals surface area (Å²) in [7, 11) is -9.97. The van der Waals surface area contributed by atoms with Gasteiger partial charge in [-0.05, 0) is 128 Å². The van der Waals surface area contributed by atoms with Gasteiger partial charge in [0.1, 0.15) is 19.3 Å². The van der Waals surface area contributed by atoms with Crippen LogP contribution in [0.15, 0.2) is 97.2 Å². The number of esters is 4. The van der Waals surface area contributed by atoms with Crippen molar-refractivity contribution in [1.29, 1.82) is 0 Å². The van der Waals surface area contributed by atoms with E-state index in [1.54, 1.807) is 0 Å². The van der Waals surface area contributed by atoms with Crippen LogP contribution in [0, 0.1) is 0 Å². The zero-order valence-corrected chi connectivity index (χ0v) is 70.6. The van der Waals surface area contributed by atoms with Crippen molar-refractivity contribution in [3.8, 4) is 0 Å². The molecule has 0 amide bonds. The van der Waals surface area contributed by atoms with Crippen molar-refractivity contribution in [2.75, 3.05) is 39.6 Å². The first-order valence-electron chi connectivity index (χ1n) is 43.5. The molecule has 108 heavy (non-hydrogen) atoms. The Bertz CT molecular complexity index is 2420. The van der Waals surface area contributed by atoms with E-state index < -0.39 is 97.5 Å². The molecule has 0 saturated carbocycles. The molecule has 0 saturated heterocycles. The molecule has 0 radical (unpaired) electrons. The van der Waals surface area contributed by atoms with Gasteiger partial charge >= 0.3 is 39.5 Å². The van der Waals surface area contributed by atoms with Gasteiger partial charge in [0.05, 0.1) is 26.4 Å². The van der Waals surface area contributed by atoms with Crippen molar-refractivity contribution in [3.05, 3.63) is 97.2 Å². The van der Waals surface area contributed by atoms with Crippen LogP contribution in [0.1, 0.15) is 387 Å². The van der Waals surface area contributed by atoms with Gasteiger partial charge in [-0.3, -0.25) is 37.3 Å². The monoisotopic (exact) mass is 1560 g/mol. The number of hydrogen-bond donors (Lipinski definition) is 3. The van der Waals surface area contributed by atoms with Crippen LogP contribution in [0.25, 0.3) is 0 Å². The van der Waals surface area contributed by atoms with Crippen molar-refractivity contribution in [2.24, 2.45) is 0 Å². The van der Waals surface area contributed by atoms with Crippen molar-refractivity contribution < 1.29 is 80.2 Å². The summed E-state index contributed by atoms with van der Waals surface area (Å²) in [5.41, 5.74) is 0. The summed E-state index contributed by atoms with van der Waals surface area (Å²) in [6, 6.07) is 0.